The third-order valence-electron chi connectivity index (χ3n) is 5.44. The first kappa shape index (κ1) is 21.5. The fourth-order valence-electron chi connectivity index (χ4n) is 3.80. The minimum Gasteiger partial charge on any atom is -0.481 e. The molecular weight excluding hydrogens is 415 g/mol. The van der Waals surface area contributed by atoms with Gasteiger partial charge >= 0.3 is 6.09 Å². The van der Waals surface area contributed by atoms with Gasteiger partial charge in [-0.05, 0) is 37.1 Å². The summed E-state index contributed by atoms with van der Waals surface area (Å²) in [6, 6.07) is 6.88. The molecule has 3 aromatic rings. The average molecular weight is 438 g/mol. The first-order valence-electron chi connectivity index (χ1n) is 10.3. The van der Waals surface area contributed by atoms with Crippen LogP contribution in [-0.4, -0.2) is 33.9 Å². The van der Waals surface area contributed by atoms with Gasteiger partial charge in [0.1, 0.15) is 5.82 Å². The number of ether oxygens (including phenoxy) is 2. The highest BCUT2D eigenvalue weighted by molar-refractivity contribution is 6.07. The van der Waals surface area contributed by atoms with Crippen molar-refractivity contribution in [3.63, 3.8) is 0 Å². The quantitative estimate of drug-likeness (QED) is 0.581. The van der Waals surface area contributed by atoms with E-state index in [2.05, 4.69) is 15.4 Å². The lowest BCUT2D eigenvalue weighted by Crippen LogP contribution is -2.19. The number of pyridine rings is 1. The Morgan fingerprint density at radius 3 is 2.69 bits per heavy atom. The maximum absolute atomic E-state index is 14.7. The number of amides is 2. The lowest BCUT2D eigenvalue weighted by Gasteiger charge is -2.20. The number of imide groups is 1. The average Bonchev–Trinajstić information content (AvgIpc) is 3.33. The van der Waals surface area contributed by atoms with Crippen LogP contribution in [0.5, 0.6) is 5.88 Å². The molecule has 0 radical (unpaired) electrons. The van der Waals surface area contributed by atoms with Crippen molar-refractivity contribution in [2.45, 2.75) is 33.2 Å². The first-order valence-corrected chi connectivity index (χ1v) is 10.3. The van der Waals surface area contributed by atoms with Gasteiger partial charge in [-0.15, -0.1) is 0 Å². The second-order valence-electron chi connectivity index (χ2n) is 7.79. The summed E-state index contributed by atoms with van der Waals surface area (Å²) in [6.07, 6.45) is 2.31. The number of fused-ring (bicyclic) bond motifs is 1. The Morgan fingerprint density at radius 2 is 2.06 bits per heavy atom. The highest BCUT2D eigenvalue weighted by Gasteiger charge is 2.29. The number of hydrogen-bond donors (Lipinski definition) is 1. The number of halogens is 1. The maximum atomic E-state index is 14.7. The van der Waals surface area contributed by atoms with Crippen LogP contribution in [0.2, 0.25) is 0 Å². The molecule has 1 aliphatic rings. The highest BCUT2D eigenvalue weighted by atomic mass is 19.1. The number of carbonyl (C=O) groups excluding carboxylic acids is 2. The van der Waals surface area contributed by atoms with Gasteiger partial charge in [-0.1, -0.05) is 19.9 Å². The second-order valence-corrected chi connectivity index (χ2v) is 7.79. The molecule has 1 N–H and O–H groups in total. The van der Waals surface area contributed by atoms with E-state index in [-0.39, 0.29) is 23.4 Å². The van der Waals surface area contributed by atoms with Gasteiger partial charge in [0.15, 0.2) is 5.76 Å². The zero-order chi connectivity index (χ0) is 23.0. The topological polar surface area (TPSA) is 95.3 Å². The first-order chi connectivity index (χ1) is 15.3. The van der Waals surface area contributed by atoms with Crippen molar-refractivity contribution in [2.24, 2.45) is 5.92 Å². The van der Waals surface area contributed by atoms with Crippen molar-refractivity contribution in [2.75, 3.05) is 7.11 Å². The van der Waals surface area contributed by atoms with E-state index in [0.717, 1.165) is 5.56 Å². The molecule has 1 atom stereocenters. The predicted octanol–water partition coefficient (Wildman–Crippen LogP) is 4.16. The third-order valence-corrected chi connectivity index (χ3v) is 5.44. The fourth-order valence-corrected chi connectivity index (χ4v) is 3.80. The van der Waals surface area contributed by atoms with Gasteiger partial charge in [-0.3, -0.25) is 14.8 Å². The number of aromatic nitrogens is 3. The van der Waals surface area contributed by atoms with E-state index in [9.17, 15) is 14.0 Å². The third kappa shape index (κ3) is 3.81. The molecule has 1 unspecified atom stereocenters. The molecule has 1 aliphatic heterocycles. The summed E-state index contributed by atoms with van der Waals surface area (Å²) >= 11 is 0. The second kappa shape index (κ2) is 8.41. The Morgan fingerprint density at radius 1 is 1.28 bits per heavy atom. The van der Waals surface area contributed by atoms with Crippen molar-refractivity contribution in [1.82, 2.24) is 20.1 Å². The van der Waals surface area contributed by atoms with Crippen molar-refractivity contribution < 1.29 is 23.5 Å². The number of carbonyl (C=O) groups is 2. The number of allylic oxidation sites excluding steroid dienone is 1. The van der Waals surface area contributed by atoms with Crippen LogP contribution in [0.1, 0.15) is 32.3 Å². The molecule has 1 fully saturated rings. The molecule has 2 amide bonds. The van der Waals surface area contributed by atoms with E-state index >= 15 is 0 Å². The lowest BCUT2D eigenvalue weighted by molar-refractivity contribution is -0.116. The standard InChI is InChI=1S/C23H23FN4O4/c1-5-28-19-9-13(8-17(24)16(19)11-25-28)18-7-6-14(22(26-18)31-4)15(12(2)3)10-20-21(29)27-23(30)32-20/h6-12,15H,5H2,1-4H3,(H,27,29,30)/b20-10-. The predicted molar refractivity (Wildman–Crippen MR) is 115 cm³/mol. The number of rotatable bonds is 6. The zero-order valence-electron chi connectivity index (χ0n) is 18.2. The molecule has 1 saturated heterocycles. The molecule has 9 heteroatoms. The summed E-state index contributed by atoms with van der Waals surface area (Å²) in [5.41, 5.74) is 2.54. The number of methoxy groups -OCH3 is 1. The van der Waals surface area contributed by atoms with Gasteiger partial charge in [0.25, 0.3) is 5.91 Å². The molecule has 8 nitrogen and oxygen atoms in total. The number of nitrogens with one attached hydrogen (secondary N) is 1. The molecule has 0 aliphatic carbocycles. The van der Waals surface area contributed by atoms with Gasteiger partial charge in [0.2, 0.25) is 5.88 Å². The van der Waals surface area contributed by atoms with Crippen LogP contribution in [0.25, 0.3) is 22.2 Å². The number of nitrogens with zero attached hydrogens (tertiary/aromatic N) is 3. The number of aryl methyl sites for hydroxylation is 1. The molecular formula is C23H23FN4O4. The van der Waals surface area contributed by atoms with E-state index in [1.807, 2.05) is 32.9 Å². The molecule has 4 rings (SSSR count). The minimum absolute atomic E-state index is 0.0452. The van der Waals surface area contributed by atoms with Crippen LogP contribution >= 0.6 is 0 Å². The smallest absolute Gasteiger partial charge is 0.419 e. The Labute approximate surface area is 184 Å². The van der Waals surface area contributed by atoms with Gasteiger partial charge < -0.3 is 9.47 Å². The maximum Gasteiger partial charge on any atom is 0.419 e. The van der Waals surface area contributed by atoms with Gasteiger partial charge in [-0.25, -0.2) is 14.2 Å². The minimum atomic E-state index is -0.798. The fraction of sp³-hybridized carbons (Fsp3) is 0.304. The Balaban J connectivity index is 1.77. The van der Waals surface area contributed by atoms with Crippen LogP contribution in [0.3, 0.4) is 0 Å². The normalized spacial score (nSPS) is 16.0. The Hall–Kier alpha value is -3.75. The molecule has 166 valence electrons. The van der Waals surface area contributed by atoms with Crippen LogP contribution in [0.15, 0.2) is 42.3 Å². The Bertz CT molecular complexity index is 1250. The number of cyclic esters (lactones) is 1. The van der Waals surface area contributed by atoms with Crippen molar-refractivity contribution in [3.8, 4) is 17.1 Å². The number of hydrogen-bond acceptors (Lipinski definition) is 6. The van der Waals surface area contributed by atoms with Crippen molar-refractivity contribution >= 4 is 22.9 Å². The van der Waals surface area contributed by atoms with Gasteiger partial charge in [0, 0.05) is 23.6 Å². The number of alkyl carbamates (subject to hydrolysis) is 1. The molecule has 32 heavy (non-hydrogen) atoms. The molecule has 0 spiro atoms. The van der Waals surface area contributed by atoms with Crippen LogP contribution in [0, 0.1) is 11.7 Å². The molecule has 2 aromatic heterocycles. The van der Waals surface area contributed by atoms with Crippen LogP contribution < -0.4 is 10.1 Å². The summed E-state index contributed by atoms with van der Waals surface area (Å²) in [6.45, 7) is 6.50. The molecule has 0 saturated carbocycles. The van der Waals surface area contributed by atoms with Gasteiger partial charge in [0.05, 0.1) is 29.9 Å². The molecule has 3 heterocycles. The van der Waals surface area contributed by atoms with E-state index in [0.29, 0.717) is 34.6 Å². The van der Waals surface area contributed by atoms with Crippen molar-refractivity contribution in [1.29, 1.82) is 0 Å². The highest BCUT2D eigenvalue weighted by Crippen LogP contribution is 2.36. The van der Waals surface area contributed by atoms with E-state index in [4.69, 9.17) is 9.47 Å². The lowest BCUT2D eigenvalue weighted by atomic mass is 9.88. The SMILES string of the molecule is CCn1ncc2c(F)cc(-c3ccc(C(/C=C4\OC(=O)NC4=O)C(C)C)c(OC)n3)cc21. The summed E-state index contributed by atoms with van der Waals surface area (Å²) in [7, 11) is 1.50. The molecule has 1 aromatic carbocycles. The summed E-state index contributed by atoms with van der Waals surface area (Å²) in [5.74, 6) is -0.934. The van der Waals surface area contributed by atoms with Gasteiger partial charge in [-0.2, -0.15) is 5.10 Å². The van der Waals surface area contributed by atoms with Crippen molar-refractivity contribution in [3.05, 3.63) is 53.7 Å². The molecule has 0 bridgehead atoms. The summed E-state index contributed by atoms with van der Waals surface area (Å²) in [4.78, 5) is 27.9. The summed E-state index contributed by atoms with van der Waals surface area (Å²) < 4.78 is 26.9. The van der Waals surface area contributed by atoms with E-state index in [1.165, 1.54) is 19.4 Å². The van der Waals surface area contributed by atoms with E-state index < -0.39 is 12.0 Å². The van der Waals surface area contributed by atoms with Crippen LogP contribution in [0.4, 0.5) is 9.18 Å². The zero-order valence-corrected chi connectivity index (χ0v) is 18.2. The largest absolute Gasteiger partial charge is 0.481 e. The van der Waals surface area contributed by atoms with Crippen LogP contribution in [-0.2, 0) is 16.1 Å². The number of benzene rings is 1. The summed E-state index contributed by atoms with van der Waals surface area (Å²) in [5, 5.41) is 6.76. The monoisotopic (exact) mass is 438 g/mol. The Kier molecular flexibility index (Phi) is 5.65. The van der Waals surface area contributed by atoms with E-state index in [1.54, 1.807) is 16.8 Å².